The van der Waals surface area contributed by atoms with Gasteiger partial charge in [-0.1, -0.05) is 0 Å². The Hall–Kier alpha value is -0.470. The molecule has 7 heteroatoms. The Morgan fingerprint density at radius 3 is 2.65 bits per heavy atom. The Balaban J connectivity index is 2.45. The molecule has 116 valence electrons. The highest BCUT2D eigenvalue weighted by atomic mass is 32.2. The van der Waals surface area contributed by atoms with Crippen molar-refractivity contribution in [1.29, 1.82) is 0 Å². The number of hydrogen-bond acceptors (Lipinski definition) is 5. The van der Waals surface area contributed by atoms with Crippen molar-refractivity contribution in [3.63, 3.8) is 0 Å². The monoisotopic (exact) mass is 319 g/mol. The van der Waals surface area contributed by atoms with Crippen LogP contribution in [0.5, 0.6) is 0 Å². The zero-order valence-corrected chi connectivity index (χ0v) is 14.3. The van der Waals surface area contributed by atoms with Gasteiger partial charge >= 0.3 is 0 Å². The lowest BCUT2D eigenvalue weighted by atomic mass is 10.3. The second kappa shape index (κ2) is 8.09. The summed E-state index contributed by atoms with van der Waals surface area (Å²) in [6.07, 6.45) is 0.808. The van der Waals surface area contributed by atoms with Gasteiger partial charge in [0.25, 0.3) is 0 Å². The highest BCUT2D eigenvalue weighted by Crippen LogP contribution is 2.21. The number of hydrogen-bond donors (Lipinski definition) is 2. The maximum Gasteiger partial charge on any atom is 0.250 e. The highest BCUT2D eigenvalue weighted by Gasteiger charge is 2.16. The molecule has 0 atom stereocenters. The van der Waals surface area contributed by atoms with Gasteiger partial charge in [-0.3, -0.25) is 0 Å². The van der Waals surface area contributed by atoms with Crippen molar-refractivity contribution < 1.29 is 8.42 Å². The van der Waals surface area contributed by atoms with E-state index in [0.717, 1.165) is 17.8 Å². The minimum Gasteiger partial charge on any atom is -0.315 e. The van der Waals surface area contributed by atoms with Crippen LogP contribution >= 0.6 is 11.3 Å². The van der Waals surface area contributed by atoms with E-state index >= 15 is 0 Å². The third-order valence-electron chi connectivity index (χ3n) is 3.11. The smallest absolute Gasteiger partial charge is 0.250 e. The molecule has 0 saturated heterocycles. The zero-order valence-electron chi connectivity index (χ0n) is 12.6. The van der Waals surface area contributed by atoms with Crippen molar-refractivity contribution in [1.82, 2.24) is 14.9 Å². The van der Waals surface area contributed by atoms with Gasteiger partial charge in [0.2, 0.25) is 10.0 Å². The van der Waals surface area contributed by atoms with Crippen LogP contribution in [-0.2, 0) is 16.6 Å². The molecular formula is C13H25N3O2S2. The molecular weight excluding hydrogens is 294 g/mol. The minimum absolute atomic E-state index is 0.389. The zero-order chi connectivity index (χ0) is 15.2. The van der Waals surface area contributed by atoms with Crippen molar-refractivity contribution in [3.05, 3.63) is 17.0 Å². The van der Waals surface area contributed by atoms with Gasteiger partial charge in [0.1, 0.15) is 4.21 Å². The van der Waals surface area contributed by atoms with Crippen molar-refractivity contribution in [2.24, 2.45) is 0 Å². The third-order valence-corrected chi connectivity index (χ3v) is 6.15. The Bertz CT molecular complexity index is 497. The first-order chi connectivity index (χ1) is 9.36. The highest BCUT2D eigenvalue weighted by molar-refractivity contribution is 7.91. The summed E-state index contributed by atoms with van der Waals surface area (Å²) in [6, 6.07) is 4.00. The van der Waals surface area contributed by atoms with Gasteiger partial charge in [0, 0.05) is 24.0 Å². The number of nitrogens with zero attached hydrogens (tertiary/aromatic N) is 1. The lowest BCUT2D eigenvalue weighted by molar-refractivity contribution is 0.271. The van der Waals surface area contributed by atoms with Crippen molar-refractivity contribution >= 4 is 21.4 Å². The predicted molar refractivity (Wildman–Crippen MR) is 84.7 cm³/mol. The van der Waals surface area contributed by atoms with Crippen LogP contribution in [0.4, 0.5) is 0 Å². The molecule has 20 heavy (non-hydrogen) atoms. The summed E-state index contributed by atoms with van der Waals surface area (Å²) in [6.45, 7) is 6.30. The van der Waals surface area contributed by atoms with Gasteiger partial charge in [-0.25, -0.2) is 13.1 Å². The fraction of sp³-hybridized carbons (Fsp3) is 0.692. The van der Waals surface area contributed by atoms with E-state index in [2.05, 4.69) is 28.8 Å². The molecule has 1 aromatic heterocycles. The van der Waals surface area contributed by atoms with E-state index in [4.69, 9.17) is 0 Å². The van der Waals surface area contributed by atoms with Crippen LogP contribution in [0.15, 0.2) is 16.3 Å². The molecule has 2 N–H and O–H groups in total. The van der Waals surface area contributed by atoms with Crippen LogP contribution in [-0.4, -0.2) is 46.5 Å². The molecule has 1 heterocycles. The van der Waals surface area contributed by atoms with Crippen LogP contribution in [0.25, 0.3) is 0 Å². The van der Waals surface area contributed by atoms with Crippen molar-refractivity contribution in [2.75, 3.05) is 27.2 Å². The van der Waals surface area contributed by atoms with Gasteiger partial charge in [-0.05, 0) is 53.0 Å². The topological polar surface area (TPSA) is 61.4 Å². The summed E-state index contributed by atoms with van der Waals surface area (Å²) in [5, 5.41) is 3.01. The van der Waals surface area contributed by atoms with E-state index in [1.54, 1.807) is 6.07 Å². The SMILES string of the molecule is CNCc1ccc(S(=O)(=O)NCCCN(C)C(C)C)s1. The average molecular weight is 319 g/mol. The van der Waals surface area contributed by atoms with Crippen molar-refractivity contribution in [2.45, 2.75) is 37.1 Å². The number of rotatable bonds is 9. The van der Waals surface area contributed by atoms with Crippen LogP contribution in [0.3, 0.4) is 0 Å². The fourth-order valence-electron chi connectivity index (χ4n) is 1.64. The Labute approximate surface area is 126 Å². The number of nitrogens with one attached hydrogen (secondary N) is 2. The van der Waals surface area contributed by atoms with E-state index < -0.39 is 10.0 Å². The van der Waals surface area contributed by atoms with Gasteiger partial charge in [-0.15, -0.1) is 11.3 Å². The second-order valence-corrected chi connectivity index (χ2v) is 8.24. The van der Waals surface area contributed by atoms with Crippen LogP contribution in [0, 0.1) is 0 Å². The Morgan fingerprint density at radius 2 is 2.05 bits per heavy atom. The van der Waals surface area contributed by atoms with Gasteiger partial charge in [0.05, 0.1) is 0 Å². The molecule has 0 aliphatic carbocycles. The molecule has 0 radical (unpaired) electrons. The maximum atomic E-state index is 12.1. The standard InChI is InChI=1S/C13H25N3O2S2/c1-11(2)16(4)9-5-8-15-20(17,18)13-7-6-12(19-13)10-14-3/h6-7,11,14-15H,5,8-10H2,1-4H3. The largest absolute Gasteiger partial charge is 0.315 e. The van der Waals surface area contributed by atoms with Crippen LogP contribution < -0.4 is 10.0 Å². The fourth-order valence-corrected chi connectivity index (χ4v) is 4.12. The molecule has 1 aromatic rings. The van der Waals surface area contributed by atoms with Gasteiger partial charge < -0.3 is 10.2 Å². The summed E-state index contributed by atoms with van der Waals surface area (Å²) >= 11 is 1.31. The number of sulfonamides is 1. The van der Waals surface area contributed by atoms with E-state index in [0.29, 0.717) is 23.3 Å². The Morgan fingerprint density at radius 1 is 1.35 bits per heavy atom. The summed E-state index contributed by atoms with van der Waals surface area (Å²) in [7, 11) is 0.535. The van der Waals surface area contributed by atoms with Crippen LogP contribution in [0.2, 0.25) is 0 Å². The Kier molecular flexibility index (Phi) is 7.11. The first-order valence-corrected chi connectivity index (χ1v) is 9.10. The molecule has 5 nitrogen and oxygen atoms in total. The average Bonchev–Trinajstić information content (AvgIpc) is 2.84. The lowest BCUT2D eigenvalue weighted by Crippen LogP contribution is -2.31. The molecule has 0 bridgehead atoms. The summed E-state index contributed by atoms with van der Waals surface area (Å²) in [5.41, 5.74) is 0. The summed E-state index contributed by atoms with van der Waals surface area (Å²) in [4.78, 5) is 3.22. The molecule has 0 aliphatic rings. The number of thiophene rings is 1. The normalized spacial score (nSPS) is 12.5. The maximum absolute atomic E-state index is 12.1. The third kappa shape index (κ3) is 5.49. The molecule has 0 aromatic carbocycles. The molecule has 0 unspecified atom stereocenters. The minimum atomic E-state index is -3.35. The molecule has 0 fully saturated rings. The molecule has 0 spiro atoms. The van der Waals surface area contributed by atoms with Gasteiger partial charge in [-0.2, -0.15) is 0 Å². The van der Waals surface area contributed by atoms with Crippen molar-refractivity contribution in [3.8, 4) is 0 Å². The van der Waals surface area contributed by atoms with Crippen LogP contribution in [0.1, 0.15) is 25.1 Å². The second-order valence-electron chi connectivity index (χ2n) is 5.08. The quantitative estimate of drug-likeness (QED) is 0.677. The van der Waals surface area contributed by atoms with E-state index in [1.807, 2.05) is 20.2 Å². The summed E-state index contributed by atoms with van der Waals surface area (Å²) < 4.78 is 27.2. The predicted octanol–water partition coefficient (Wildman–Crippen LogP) is 1.48. The van der Waals surface area contributed by atoms with E-state index in [1.165, 1.54) is 11.3 Å². The lowest BCUT2D eigenvalue weighted by Gasteiger charge is -2.20. The molecule has 0 aliphatic heterocycles. The molecule has 1 rings (SSSR count). The summed E-state index contributed by atoms with van der Waals surface area (Å²) in [5.74, 6) is 0. The van der Waals surface area contributed by atoms with E-state index in [9.17, 15) is 8.42 Å². The molecule has 0 amide bonds. The first-order valence-electron chi connectivity index (χ1n) is 6.80. The van der Waals surface area contributed by atoms with E-state index in [-0.39, 0.29) is 0 Å². The van der Waals surface area contributed by atoms with Gasteiger partial charge in [0.15, 0.2) is 0 Å². The molecule has 0 saturated carbocycles. The first kappa shape index (κ1) is 17.6.